The van der Waals surface area contributed by atoms with Gasteiger partial charge in [0.2, 0.25) is 0 Å². The van der Waals surface area contributed by atoms with Gasteiger partial charge in [-0.2, -0.15) is 0 Å². The van der Waals surface area contributed by atoms with E-state index in [2.05, 4.69) is 12.2 Å². The molecule has 1 N–H and O–H groups in total. The minimum Gasteiger partial charge on any atom is -0.495 e. The molecule has 0 heterocycles. The molecule has 2 rings (SSSR count). The molecule has 0 radical (unpaired) electrons. The Hall–Kier alpha value is -2.69. The molecule has 0 aliphatic carbocycles. The first-order chi connectivity index (χ1) is 12.2. The molecule has 0 atom stereocenters. The Morgan fingerprint density at radius 2 is 1.76 bits per heavy atom. The third kappa shape index (κ3) is 6.37. The second-order valence-corrected chi connectivity index (χ2v) is 5.57. The summed E-state index contributed by atoms with van der Waals surface area (Å²) in [6.07, 6.45) is 3.34. The summed E-state index contributed by atoms with van der Waals surface area (Å²) >= 11 is 0. The quantitative estimate of drug-likeness (QED) is 0.654. The molecule has 134 valence electrons. The molecular weight excluding hydrogens is 318 g/mol. The van der Waals surface area contributed by atoms with Crippen LogP contribution in [0.4, 0.5) is 5.69 Å². The largest absolute Gasteiger partial charge is 0.495 e. The first-order valence-electron chi connectivity index (χ1n) is 8.51. The van der Waals surface area contributed by atoms with Crippen molar-refractivity contribution in [2.75, 3.05) is 25.6 Å². The van der Waals surface area contributed by atoms with Gasteiger partial charge in [-0.25, -0.2) is 0 Å². The van der Waals surface area contributed by atoms with Crippen LogP contribution in [-0.2, 0) is 4.79 Å². The molecule has 0 saturated carbocycles. The lowest BCUT2D eigenvalue weighted by Crippen LogP contribution is -2.20. The number of rotatable bonds is 10. The Morgan fingerprint density at radius 3 is 2.52 bits per heavy atom. The monoisotopic (exact) mass is 343 g/mol. The van der Waals surface area contributed by atoms with Crippen LogP contribution in [0, 0.1) is 0 Å². The molecule has 0 fully saturated rings. The van der Waals surface area contributed by atoms with Gasteiger partial charge in [-0.15, -0.1) is 0 Å². The van der Waals surface area contributed by atoms with Crippen molar-refractivity contribution in [3.8, 4) is 17.2 Å². The predicted octanol–water partition coefficient (Wildman–Crippen LogP) is 4.28. The molecule has 0 spiro atoms. The number of unbranched alkanes of at least 4 members (excludes halogenated alkanes) is 2. The molecule has 2 aromatic carbocycles. The van der Waals surface area contributed by atoms with E-state index in [9.17, 15) is 4.79 Å². The van der Waals surface area contributed by atoms with E-state index in [1.165, 1.54) is 0 Å². The fraction of sp³-hybridized carbons (Fsp3) is 0.350. The van der Waals surface area contributed by atoms with Crippen molar-refractivity contribution in [1.82, 2.24) is 0 Å². The number of anilines is 1. The summed E-state index contributed by atoms with van der Waals surface area (Å²) in [5.41, 5.74) is 0.617. The van der Waals surface area contributed by atoms with Crippen LogP contribution in [0.2, 0.25) is 0 Å². The molecule has 0 saturated heterocycles. The summed E-state index contributed by atoms with van der Waals surface area (Å²) in [6.45, 7) is 2.76. The highest BCUT2D eigenvalue weighted by Crippen LogP contribution is 2.23. The molecule has 2 aromatic rings. The molecule has 0 unspecified atom stereocenters. The van der Waals surface area contributed by atoms with Crippen LogP contribution in [0.15, 0.2) is 48.5 Å². The number of nitrogens with one attached hydrogen (secondary N) is 1. The maximum Gasteiger partial charge on any atom is 0.262 e. The second-order valence-electron chi connectivity index (χ2n) is 5.57. The summed E-state index contributed by atoms with van der Waals surface area (Å²) < 4.78 is 16.4. The molecule has 5 heteroatoms. The minimum atomic E-state index is -0.251. The van der Waals surface area contributed by atoms with Crippen molar-refractivity contribution in [1.29, 1.82) is 0 Å². The third-order valence-electron chi connectivity index (χ3n) is 3.57. The molecule has 0 aliphatic rings. The number of hydrogen-bond donors (Lipinski definition) is 1. The van der Waals surface area contributed by atoms with E-state index in [0.717, 1.165) is 25.0 Å². The highest BCUT2D eigenvalue weighted by Gasteiger charge is 2.08. The summed E-state index contributed by atoms with van der Waals surface area (Å²) in [5, 5.41) is 2.77. The summed E-state index contributed by atoms with van der Waals surface area (Å²) in [6, 6.07) is 14.6. The first kappa shape index (κ1) is 18.6. The van der Waals surface area contributed by atoms with E-state index < -0.39 is 0 Å². The van der Waals surface area contributed by atoms with Crippen LogP contribution >= 0.6 is 0 Å². The van der Waals surface area contributed by atoms with Gasteiger partial charge < -0.3 is 19.5 Å². The van der Waals surface area contributed by atoms with Crippen molar-refractivity contribution in [3.05, 3.63) is 48.5 Å². The zero-order valence-corrected chi connectivity index (χ0v) is 14.8. The zero-order valence-electron chi connectivity index (χ0n) is 14.8. The fourth-order valence-corrected chi connectivity index (χ4v) is 2.28. The van der Waals surface area contributed by atoms with Crippen LogP contribution in [0.25, 0.3) is 0 Å². The van der Waals surface area contributed by atoms with Crippen molar-refractivity contribution in [2.45, 2.75) is 26.2 Å². The summed E-state index contributed by atoms with van der Waals surface area (Å²) in [7, 11) is 1.56. The number of carbonyl (C=O) groups excluding carboxylic acids is 1. The molecule has 25 heavy (non-hydrogen) atoms. The number of amides is 1. The predicted molar refractivity (Wildman–Crippen MR) is 98.6 cm³/mol. The van der Waals surface area contributed by atoms with Gasteiger partial charge in [0.15, 0.2) is 6.61 Å². The Balaban J connectivity index is 1.83. The van der Waals surface area contributed by atoms with Crippen LogP contribution in [-0.4, -0.2) is 26.2 Å². The van der Waals surface area contributed by atoms with Crippen molar-refractivity contribution < 1.29 is 19.0 Å². The highest BCUT2D eigenvalue weighted by molar-refractivity contribution is 5.93. The first-order valence-corrected chi connectivity index (χ1v) is 8.51. The van der Waals surface area contributed by atoms with Crippen molar-refractivity contribution >= 4 is 11.6 Å². The Morgan fingerprint density at radius 1 is 1.00 bits per heavy atom. The van der Waals surface area contributed by atoms with Gasteiger partial charge in [0.25, 0.3) is 5.91 Å². The van der Waals surface area contributed by atoms with Crippen molar-refractivity contribution in [3.63, 3.8) is 0 Å². The van der Waals surface area contributed by atoms with Gasteiger partial charge in [0.1, 0.15) is 17.2 Å². The average Bonchev–Trinajstić information content (AvgIpc) is 2.64. The van der Waals surface area contributed by atoms with Crippen LogP contribution in [0.5, 0.6) is 17.2 Å². The van der Waals surface area contributed by atoms with Gasteiger partial charge in [0, 0.05) is 6.07 Å². The minimum absolute atomic E-state index is 0.0860. The smallest absolute Gasteiger partial charge is 0.262 e. The highest BCUT2D eigenvalue weighted by atomic mass is 16.5. The molecule has 0 aliphatic heterocycles. The van der Waals surface area contributed by atoms with Gasteiger partial charge in [0.05, 0.1) is 19.4 Å². The normalized spacial score (nSPS) is 10.2. The number of carbonyl (C=O) groups is 1. The van der Waals surface area contributed by atoms with Gasteiger partial charge in [-0.3, -0.25) is 4.79 Å². The summed E-state index contributed by atoms with van der Waals surface area (Å²) in [4.78, 5) is 12.1. The maximum absolute atomic E-state index is 12.1. The summed E-state index contributed by atoms with van der Waals surface area (Å²) in [5.74, 6) is 1.71. The van der Waals surface area contributed by atoms with E-state index in [1.54, 1.807) is 31.4 Å². The van der Waals surface area contributed by atoms with Crippen LogP contribution in [0.3, 0.4) is 0 Å². The van der Waals surface area contributed by atoms with E-state index >= 15 is 0 Å². The van der Waals surface area contributed by atoms with Crippen molar-refractivity contribution in [2.24, 2.45) is 0 Å². The number of para-hydroxylation sites is 2. The SMILES string of the molecule is CCCCCOc1cccc(OCC(=O)Nc2ccccc2OC)c1. The Bertz CT molecular complexity index is 672. The third-order valence-corrected chi connectivity index (χ3v) is 3.57. The molecule has 0 aromatic heterocycles. The maximum atomic E-state index is 12.1. The molecule has 1 amide bonds. The number of methoxy groups -OCH3 is 1. The van der Waals surface area contributed by atoms with Gasteiger partial charge in [-0.1, -0.05) is 38.0 Å². The van der Waals surface area contributed by atoms with E-state index in [1.807, 2.05) is 24.3 Å². The standard InChI is InChI=1S/C20H25NO4/c1-3-4-7-13-24-16-9-8-10-17(14-16)25-15-20(22)21-18-11-5-6-12-19(18)23-2/h5-6,8-12,14H,3-4,7,13,15H2,1-2H3,(H,21,22). The molecular formula is C20H25NO4. The lowest BCUT2D eigenvalue weighted by Gasteiger charge is -2.11. The van der Waals surface area contributed by atoms with Crippen LogP contribution < -0.4 is 19.5 Å². The molecule has 0 bridgehead atoms. The average molecular weight is 343 g/mol. The lowest BCUT2D eigenvalue weighted by molar-refractivity contribution is -0.118. The van der Waals surface area contributed by atoms with E-state index in [4.69, 9.17) is 14.2 Å². The topological polar surface area (TPSA) is 56.8 Å². The Kier molecular flexibility index (Phi) is 7.63. The Labute approximate surface area is 148 Å². The van der Waals surface area contributed by atoms with Gasteiger partial charge >= 0.3 is 0 Å². The zero-order chi connectivity index (χ0) is 17.9. The van der Waals surface area contributed by atoms with E-state index in [0.29, 0.717) is 23.8 Å². The number of ether oxygens (including phenoxy) is 3. The fourth-order valence-electron chi connectivity index (χ4n) is 2.28. The van der Waals surface area contributed by atoms with Crippen LogP contribution in [0.1, 0.15) is 26.2 Å². The number of hydrogen-bond acceptors (Lipinski definition) is 4. The van der Waals surface area contributed by atoms with Gasteiger partial charge in [-0.05, 0) is 30.7 Å². The number of benzene rings is 2. The van der Waals surface area contributed by atoms with E-state index in [-0.39, 0.29) is 12.5 Å². The lowest BCUT2D eigenvalue weighted by atomic mass is 10.3. The molecule has 5 nitrogen and oxygen atoms in total. The second kappa shape index (κ2) is 10.2.